The van der Waals surface area contributed by atoms with Gasteiger partial charge in [-0.2, -0.15) is 0 Å². The third kappa shape index (κ3) is 4.09. The van der Waals surface area contributed by atoms with E-state index in [1.165, 1.54) is 11.8 Å². The summed E-state index contributed by atoms with van der Waals surface area (Å²) in [6.07, 6.45) is 0. The van der Waals surface area contributed by atoms with Crippen LogP contribution < -0.4 is 19.8 Å². The molecule has 3 aromatic carbocycles. The predicted octanol–water partition coefficient (Wildman–Crippen LogP) is 4.70. The van der Waals surface area contributed by atoms with Crippen LogP contribution in [0.4, 0.5) is 0 Å². The van der Waals surface area contributed by atoms with Gasteiger partial charge in [-0.05, 0) is 42.5 Å². The van der Waals surface area contributed by atoms with Gasteiger partial charge in [-0.15, -0.1) is 0 Å². The molecule has 0 spiro atoms. The maximum Gasteiger partial charge on any atom is 0.266 e. The zero-order valence-electron chi connectivity index (χ0n) is 17.5. The van der Waals surface area contributed by atoms with Crippen LogP contribution in [-0.2, 0) is 5.75 Å². The second-order valence-corrected chi connectivity index (χ2v) is 7.63. The number of benzene rings is 3. The summed E-state index contributed by atoms with van der Waals surface area (Å²) in [5, 5.41) is 1.12. The molecule has 4 aromatic rings. The predicted molar refractivity (Wildman–Crippen MR) is 123 cm³/mol. The van der Waals surface area contributed by atoms with Crippen LogP contribution >= 0.6 is 11.8 Å². The zero-order chi connectivity index (χ0) is 21.8. The summed E-state index contributed by atoms with van der Waals surface area (Å²) in [6.45, 7) is 0. The first-order valence-electron chi connectivity index (χ1n) is 9.65. The summed E-state index contributed by atoms with van der Waals surface area (Å²) >= 11 is 1.45. The fourth-order valence-corrected chi connectivity index (χ4v) is 4.36. The van der Waals surface area contributed by atoms with Crippen LogP contribution in [0, 0.1) is 0 Å². The number of fused-ring (bicyclic) bond motifs is 1. The van der Waals surface area contributed by atoms with Gasteiger partial charge in [-0.3, -0.25) is 9.36 Å². The molecule has 0 saturated carbocycles. The number of hydrogen-bond acceptors (Lipinski definition) is 6. The molecule has 0 fully saturated rings. The molecule has 0 N–H and O–H groups in total. The standard InChI is InChI=1S/C24H22N2O4S/c1-28-17-12-13-21(29-2)16(14-17)15-31-24-25-19-9-5-4-8-18(19)23(27)26(24)20-10-6-7-11-22(20)30-3/h4-14H,15H2,1-3H3. The van der Waals surface area contributed by atoms with E-state index in [1.54, 1.807) is 32.0 Å². The number of rotatable bonds is 7. The van der Waals surface area contributed by atoms with Gasteiger partial charge >= 0.3 is 0 Å². The van der Waals surface area contributed by atoms with Crippen molar-refractivity contribution in [3.63, 3.8) is 0 Å². The first-order valence-corrected chi connectivity index (χ1v) is 10.6. The molecular weight excluding hydrogens is 412 g/mol. The average molecular weight is 435 g/mol. The number of hydrogen-bond donors (Lipinski definition) is 0. The quantitative estimate of drug-likeness (QED) is 0.310. The van der Waals surface area contributed by atoms with Crippen LogP contribution in [0.3, 0.4) is 0 Å². The van der Waals surface area contributed by atoms with E-state index in [1.807, 2.05) is 60.7 Å². The van der Waals surface area contributed by atoms with Crippen molar-refractivity contribution in [3.05, 3.63) is 82.6 Å². The molecule has 0 unspecified atom stereocenters. The van der Waals surface area contributed by atoms with E-state index in [9.17, 15) is 4.79 Å². The molecule has 7 heteroatoms. The van der Waals surface area contributed by atoms with Gasteiger partial charge in [0, 0.05) is 11.3 Å². The van der Waals surface area contributed by atoms with Gasteiger partial charge in [-0.1, -0.05) is 36.0 Å². The van der Waals surface area contributed by atoms with Crippen LogP contribution in [0.25, 0.3) is 16.6 Å². The Morgan fingerprint density at radius 3 is 2.39 bits per heavy atom. The minimum absolute atomic E-state index is 0.143. The van der Waals surface area contributed by atoms with Crippen LogP contribution in [0.1, 0.15) is 5.56 Å². The molecule has 0 aliphatic carbocycles. The SMILES string of the molecule is COc1ccc(OC)c(CSc2nc3ccccc3c(=O)n2-c2ccccc2OC)c1. The lowest BCUT2D eigenvalue weighted by Crippen LogP contribution is -2.22. The van der Waals surface area contributed by atoms with E-state index < -0.39 is 0 Å². The maximum absolute atomic E-state index is 13.5. The van der Waals surface area contributed by atoms with Crippen molar-refractivity contribution < 1.29 is 14.2 Å². The lowest BCUT2D eigenvalue weighted by atomic mass is 10.2. The van der Waals surface area contributed by atoms with Crippen molar-refractivity contribution in [1.82, 2.24) is 9.55 Å². The Bertz CT molecular complexity index is 1290. The highest BCUT2D eigenvalue weighted by atomic mass is 32.2. The van der Waals surface area contributed by atoms with Crippen molar-refractivity contribution >= 4 is 22.7 Å². The van der Waals surface area contributed by atoms with Gasteiger partial charge < -0.3 is 14.2 Å². The molecule has 0 atom stereocenters. The number of methoxy groups -OCH3 is 3. The van der Waals surface area contributed by atoms with E-state index in [2.05, 4.69) is 0 Å². The Morgan fingerprint density at radius 2 is 1.61 bits per heavy atom. The van der Waals surface area contributed by atoms with E-state index in [0.29, 0.717) is 33.2 Å². The third-order valence-corrected chi connectivity index (χ3v) is 5.90. The van der Waals surface area contributed by atoms with Gasteiger partial charge in [0.05, 0.1) is 37.9 Å². The normalized spacial score (nSPS) is 10.8. The zero-order valence-corrected chi connectivity index (χ0v) is 18.3. The van der Waals surface area contributed by atoms with Gasteiger partial charge in [-0.25, -0.2) is 4.98 Å². The molecular formula is C24H22N2O4S. The second-order valence-electron chi connectivity index (χ2n) is 6.69. The highest BCUT2D eigenvalue weighted by molar-refractivity contribution is 7.98. The molecule has 0 radical (unpaired) electrons. The second kappa shape index (κ2) is 9.14. The molecule has 0 amide bonds. The molecule has 0 saturated heterocycles. The molecule has 4 rings (SSSR count). The largest absolute Gasteiger partial charge is 0.497 e. The molecule has 0 bridgehead atoms. The smallest absolute Gasteiger partial charge is 0.266 e. The number of thioether (sulfide) groups is 1. The maximum atomic E-state index is 13.5. The van der Waals surface area contributed by atoms with E-state index >= 15 is 0 Å². The number of nitrogens with zero attached hydrogens (tertiary/aromatic N) is 2. The van der Waals surface area contributed by atoms with Gasteiger partial charge in [0.15, 0.2) is 5.16 Å². The Labute approximate surface area is 184 Å². The topological polar surface area (TPSA) is 62.6 Å². The Morgan fingerprint density at radius 1 is 0.871 bits per heavy atom. The lowest BCUT2D eigenvalue weighted by molar-refractivity contribution is 0.400. The summed E-state index contributed by atoms with van der Waals surface area (Å²) in [5.41, 5.74) is 2.10. The molecule has 31 heavy (non-hydrogen) atoms. The van der Waals surface area contributed by atoms with E-state index in [0.717, 1.165) is 17.1 Å². The highest BCUT2D eigenvalue weighted by Crippen LogP contribution is 2.32. The summed E-state index contributed by atoms with van der Waals surface area (Å²) in [4.78, 5) is 18.3. The van der Waals surface area contributed by atoms with Crippen molar-refractivity contribution in [2.75, 3.05) is 21.3 Å². The third-order valence-electron chi connectivity index (χ3n) is 4.92. The average Bonchev–Trinajstić information content (AvgIpc) is 2.82. The molecule has 158 valence electrons. The summed E-state index contributed by atoms with van der Waals surface area (Å²) in [6, 6.07) is 20.4. The van der Waals surface area contributed by atoms with Gasteiger partial charge in [0.2, 0.25) is 0 Å². The summed E-state index contributed by atoms with van der Waals surface area (Å²) < 4.78 is 18.0. The molecule has 1 heterocycles. The Balaban J connectivity index is 1.85. The van der Waals surface area contributed by atoms with Gasteiger partial charge in [0.25, 0.3) is 5.56 Å². The van der Waals surface area contributed by atoms with Gasteiger partial charge in [0.1, 0.15) is 17.2 Å². The Kier molecular flexibility index (Phi) is 6.13. The number of para-hydroxylation sites is 3. The van der Waals surface area contributed by atoms with Crippen LogP contribution in [0.5, 0.6) is 17.2 Å². The van der Waals surface area contributed by atoms with Crippen LogP contribution in [-0.4, -0.2) is 30.9 Å². The summed E-state index contributed by atoms with van der Waals surface area (Å²) in [7, 11) is 4.85. The minimum atomic E-state index is -0.143. The first-order chi connectivity index (χ1) is 15.2. The van der Waals surface area contributed by atoms with Crippen molar-refractivity contribution in [1.29, 1.82) is 0 Å². The van der Waals surface area contributed by atoms with Crippen LogP contribution in [0.15, 0.2) is 76.7 Å². The fraction of sp³-hybridized carbons (Fsp3) is 0.167. The van der Waals surface area contributed by atoms with E-state index in [4.69, 9.17) is 19.2 Å². The van der Waals surface area contributed by atoms with Crippen molar-refractivity contribution in [2.45, 2.75) is 10.9 Å². The molecule has 0 aliphatic rings. The molecule has 1 aromatic heterocycles. The van der Waals surface area contributed by atoms with E-state index in [-0.39, 0.29) is 5.56 Å². The molecule has 6 nitrogen and oxygen atoms in total. The number of aromatic nitrogens is 2. The highest BCUT2D eigenvalue weighted by Gasteiger charge is 2.17. The fourth-order valence-electron chi connectivity index (χ4n) is 3.37. The van der Waals surface area contributed by atoms with Crippen molar-refractivity contribution in [3.8, 4) is 22.9 Å². The summed E-state index contributed by atoms with van der Waals surface area (Å²) in [5.74, 6) is 2.63. The van der Waals surface area contributed by atoms with Crippen LogP contribution in [0.2, 0.25) is 0 Å². The monoisotopic (exact) mass is 434 g/mol. The molecule has 0 aliphatic heterocycles. The Hall–Kier alpha value is -3.45. The number of ether oxygens (including phenoxy) is 3. The van der Waals surface area contributed by atoms with Crippen molar-refractivity contribution in [2.24, 2.45) is 0 Å². The lowest BCUT2D eigenvalue weighted by Gasteiger charge is -2.16. The first kappa shape index (κ1) is 20.8. The minimum Gasteiger partial charge on any atom is -0.497 e.